The molecule has 0 aliphatic rings. The fourth-order valence-electron chi connectivity index (χ4n) is 0. The van der Waals surface area contributed by atoms with Crippen LogP contribution in [0.25, 0.3) is 0 Å². The molecule has 0 aliphatic carbocycles. The molecule has 0 amide bonds. The summed E-state index contributed by atoms with van der Waals surface area (Å²) in [4.78, 5) is 0. The van der Waals surface area contributed by atoms with Crippen molar-refractivity contribution in [3.05, 3.63) is 0 Å². The topological polar surface area (TPSA) is 0 Å². The molecule has 0 unspecified atom stereocenters. The van der Waals surface area contributed by atoms with Crippen molar-refractivity contribution in [1.29, 1.82) is 0 Å². The van der Waals surface area contributed by atoms with Crippen molar-refractivity contribution < 1.29 is 22.4 Å². The van der Waals surface area contributed by atoms with Crippen LogP contribution >= 0.6 is 0 Å². The van der Waals surface area contributed by atoms with Gasteiger partial charge < -0.3 is 0 Å². The van der Waals surface area contributed by atoms with Crippen LogP contribution in [0.1, 0.15) is 0 Å². The van der Waals surface area contributed by atoms with E-state index in [1.54, 1.807) is 0 Å². The third-order valence-electron chi connectivity index (χ3n) is 0. The Balaban J connectivity index is 0. The molecule has 0 fully saturated rings. The molecule has 7 radical (unpaired) electrons. The van der Waals surface area contributed by atoms with E-state index in [4.69, 9.17) is 0 Å². The minimum absolute atomic E-state index is 0. The van der Waals surface area contributed by atoms with Gasteiger partial charge >= 0.3 is 71.7 Å². The Morgan fingerprint density at radius 3 is 0.500 bits per heavy atom. The van der Waals surface area contributed by atoms with Crippen LogP contribution in [0.15, 0.2) is 0 Å². The molecule has 0 aromatic carbocycles. The zero-order chi connectivity index (χ0) is 0. The Morgan fingerprint density at radius 2 is 0.500 bits per heavy atom. The fourth-order valence-corrected chi connectivity index (χ4v) is 0. The van der Waals surface area contributed by atoms with Gasteiger partial charge in [-0.2, -0.15) is 0 Å². The molecule has 0 rings (SSSR count). The molecule has 0 heterocycles. The molecule has 0 aromatic rings. The van der Waals surface area contributed by atoms with E-state index in [0.29, 0.717) is 0 Å². The first-order chi connectivity index (χ1) is 0. The van der Waals surface area contributed by atoms with Crippen molar-refractivity contribution in [3.8, 4) is 0 Å². The Bertz CT molecular complexity index is 3.25. The normalized spacial score (nSPS) is 0. The maximum atomic E-state index is 0. The van der Waals surface area contributed by atoms with Crippen LogP contribution in [0.3, 0.4) is 0 Å². The third kappa shape index (κ3) is 8.93. The molecule has 0 atom stereocenters. The van der Waals surface area contributed by atoms with Gasteiger partial charge in [-0.3, -0.25) is 0 Å². The summed E-state index contributed by atoms with van der Waals surface area (Å²) in [5, 5.41) is 0. The van der Waals surface area contributed by atoms with Gasteiger partial charge in [0.1, 0.15) is 0 Å². The third-order valence-corrected chi connectivity index (χ3v) is 0. The van der Waals surface area contributed by atoms with Crippen LogP contribution in [0.5, 0.6) is 0 Å². The molecule has 0 nitrogen and oxygen atoms in total. The van der Waals surface area contributed by atoms with Crippen molar-refractivity contribution in [2.75, 3.05) is 0 Å². The second-order valence-corrected chi connectivity index (χ2v) is 0. The van der Waals surface area contributed by atoms with Gasteiger partial charge in [0.15, 0.2) is 0 Å². The van der Waals surface area contributed by atoms with Crippen LogP contribution in [-0.2, 0) is 22.4 Å². The Morgan fingerprint density at radius 1 is 0.500 bits per heavy atom. The van der Waals surface area contributed by atoms with Crippen molar-refractivity contribution in [3.63, 3.8) is 0 Å². The van der Waals surface area contributed by atoms with Gasteiger partial charge in [0.2, 0.25) is 0 Å². The van der Waals surface area contributed by atoms with Gasteiger partial charge in [0.25, 0.3) is 0 Å². The van der Waals surface area contributed by atoms with Crippen LogP contribution in [0.2, 0.25) is 0 Å². The van der Waals surface area contributed by atoms with Crippen LogP contribution in [0, 0.1) is 0 Å². The number of hydrogen-bond acceptors (Lipinski definition) is 0. The monoisotopic (exact) mass is 459 g/mol. The average molecular weight is 455 g/mol. The average Bonchev–Trinajstić information content (AvgIpc) is 0. The first-order valence-electron chi connectivity index (χ1n) is 0. The van der Waals surface area contributed by atoms with Crippen molar-refractivity contribution in [2.45, 2.75) is 0 Å². The summed E-state index contributed by atoms with van der Waals surface area (Å²) in [5.41, 5.74) is 0. The predicted octanol–water partition coefficient (Wildman–Crippen LogP) is -2.75. The van der Waals surface area contributed by atoms with E-state index in [1.165, 1.54) is 0 Å². The molecule has 0 bridgehead atoms. The number of hydrogen-bond donors (Lipinski definition) is 0. The molecule has 4 heteroatoms. The van der Waals surface area contributed by atoms with Gasteiger partial charge in [-0.05, 0) is 0 Å². The number of rotatable bonds is 0. The minimum atomic E-state index is 0. The van der Waals surface area contributed by atoms with Crippen LogP contribution < -0.4 is 0 Å². The first kappa shape index (κ1) is 27.3. The molecule has 0 saturated heterocycles. The zero-order valence-electron chi connectivity index (χ0n) is 2.57. The van der Waals surface area contributed by atoms with Gasteiger partial charge in [0, 0.05) is 22.4 Å². The molecule has 4 heavy (non-hydrogen) atoms. The van der Waals surface area contributed by atoms with Crippen molar-refractivity contribution in [1.82, 2.24) is 0 Å². The summed E-state index contributed by atoms with van der Waals surface area (Å²) >= 11 is 0. The van der Waals surface area contributed by atoms with E-state index in [9.17, 15) is 0 Å². The summed E-state index contributed by atoms with van der Waals surface area (Å²) < 4.78 is 0. The molecule has 0 spiro atoms. The van der Waals surface area contributed by atoms with E-state index in [0.717, 1.165) is 0 Å². The molecule has 23 valence electrons. The van der Waals surface area contributed by atoms with Crippen LogP contribution in [-0.4, -0.2) is 71.7 Å². The summed E-state index contributed by atoms with van der Waals surface area (Å²) in [6.45, 7) is 0. The Labute approximate surface area is 92.2 Å². The Kier molecular flexibility index (Phi) is 112. The predicted molar refractivity (Wildman–Crippen MR) is 25.6 cm³/mol. The second-order valence-electron chi connectivity index (χ2n) is 0. The quantitative estimate of drug-likeness (QED) is 0.348. The summed E-state index contributed by atoms with van der Waals surface area (Å²) in [6, 6.07) is 0. The van der Waals surface area contributed by atoms with E-state index >= 15 is 0 Å². The molecular weight excluding hydrogens is 449 g/mol. The zero-order valence-corrected chi connectivity index (χ0v) is 16.9. The van der Waals surface area contributed by atoms with Crippen molar-refractivity contribution in [2.24, 2.45) is 0 Å². The molecule has 0 aliphatic heterocycles. The van der Waals surface area contributed by atoms with Gasteiger partial charge in [-0.25, -0.2) is 0 Å². The summed E-state index contributed by atoms with van der Waals surface area (Å²) in [7, 11) is 0. The summed E-state index contributed by atoms with van der Waals surface area (Å²) in [6.07, 6.45) is 0. The molecule has 0 N–H and O–H groups in total. The fraction of sp³-hybridized carbons (Fsp3) is 0. The second kappa shape index (κ2) is 16.5. The van der Waals surface area contributed by atoms with Gasteiger partial charge in [-0.1, -0.05) is 0 Å². The molecule has 0 aromatic heterocycles. The van der Waals surface area contributed by atoms with E-state index in [1.807, 2.05) is 0 Å². The maximum absolute atomic E-state index is 0. The van der Waals surface area contributed by atoms with E-state index < -0.39 is 0 Å². The van der Waals surface area contributed by atoms with E-state index in [2.05, 4.69) is 0 Å². The molecular formula is H6NbSn3. The standard InChI is InChI=1S/Nb.3Sn.6H. The Hall–Kier alpha value is 3.14. The van der Waals surface area contributed by atoms with Gasteiger partial charge in [0.05, 0.1) is 0 Å². The van der Waals surface area contributed by atoms with Gasteiger partial charge in [-0.15, -0.1) is 0 Å². The van der Waals surface area contributed by atoms with Crippen LogP contribution in [0.4, 0.5) is 0 Å². The summed E-state index contributed by atoms with van der Waals surface area (Å²) in [5.74, 6) is 0. The van der Waals surface area contributed by atoms with E-state index in [-0.39, 0.29) is 94.1 Å². The molecule has 0 saturated carbocycles. The first-order valence-corrected chi connectivity index (χ1v) is 0. The SMILES string of the molecule is [Nb].[SnH2].[SnH2].[SnH2]. The van der Waals surface area contributed by atoms with Crippen molar-refractivity contribution >= 4 is 71.7 Å².